The smallest absolute Gasteiger partial charge is 0.203 e. The minimum atomic E-state index is -0.156. The molecule has 2 rings (SSSR count). The van der Waals surface area contributed by atoms with Gasteiger partial charge >= 0.3 is 0 Å². The van der Waals surface area contributed by atoms with Crippen LogP contribution in [0.1, 0.15) is 24.5 Å². The molecular weight excluding hydrogens is 275 g/mol. The van der Waals surface area contributed by atoms with Crippen LogP contribution in [0.25, 0.3) is 0 Å². The molecule has 0 aromatic heterocycles. The van der Waals surface area contributed by atoms with Gasteiger partial charge in [0.1, 0.15) is 0 Å². The van der Waals surface area contributed by atoms with E-state index >= 15 is 0 Å². The van der Waals surface area contributed by atoms with Gasteiger partial charge in [0.2, 0.25) is 3.79 Å². The maximum absolute atomic E-state index is 11.5. The van der Waals surface area contributed by atoms with Gasteiger partial charge in [-0.1, -0.05) is 31.2 Å². The summed E-state index contributed by atoms with van der Waals surface area (Å²) in [4.78, 5) is 11.5. The molecule has 0 amide bonds. The van der Waals surface area contributed by atoms with Crippen molar-refractivity contribution in [3.05, 3.63) is 35.4 Å². The van der Waals surface area contributed by atoms with Crippen molar-refractivity contribution >= 4 is 26.4 Å². The van der Waals surface area contributed by atoms with Crippen LogP contribution < -0.4 is 0 Å². The lowest BCUT2D eigenvalue weighted by atomic mass is 9.63. The van der Waals surface area contributed by atoms with Crippen molar-refractivity contribution < 1.29 is 4.79 Å². The minimum Gasteiger partial charge on any atom is -0.287 e. The van der Waals surface area contributed by atoms with Crippen molar-refractivity contribution in [2.75, 3.05) is 0 Å². The van der Waals surface area contributed by atoms with Crippen molar-refractivity contribution in [1.82, 2.24) is 0 Å². The Hall–Kier alpha value is -0.380. The van der Waals surface area contributed by atoms with E-state index in [9.17, 15) is 4.79 Å². The van der Waals surface area contributed by atoms with Crippen LogP contribution in [0.2, 0.25) is 0 Å². The zero-order valence-corrected chi connectivity index (χ0v) is 9.67. The quantitative estimate of drug-likeness (QED) is 0.603. The van der Waals surface area contributed by atoms with E-state index in [1.807, 2.05) is 34.7 Å². The van der Waals surface area contributed by atoms with Crippen molar-refractivity contribution in [3.8, 4) is 0 Å². The van der Waals surface area contributed by atoms with Gasteiger partial charge in [-0.15, -0.1) is 0 Å². The lowest BCUT2D eigenvalue weighted by Gasteiger charge is -2.40. The first kappa shape index (κ1) is 9.19. The molecule has 2 heteroatoms. The van der Waals surface area contributed by atoms with Gasteiger partial charge in [-0.05, 0) is 24.0 Å². The standard InChI is InChI=1S/C11H11IO/c1-2-11(10(12)13)7-8-5-3-4-6-9(8)11/h3-6H,2,7H2,1H3. The van der Waals surface area contributed by atoms with Gasteiger partial charge in [0.05, 0.1) is 5.41 Å². The molecule has 0 saturated heterocycles. The highest BCUT2D eigenvalue weighted by Crippen LogP contribution is 2.45. The Morgan fingerprint density at radius 2 is 2.23 bits per heavy atom. The van der Waals surface area contributed by atoms with Crippen LogP contribution in [0, 0.1) is 0 Å². The molecule has 1 nitrogen and oxygen atoms in total. The van der Waals surface area contributed by atoms with Gasteiger partial charge in [-0.25, -0.2) is 0 Å². The van der Waals surface area contributed by atoms with Gasteiger partial charge in [-0.3, -0.25) is 4.79 Å². The Labute approximate surface area is 91.7 Å². The second kappa shape index (κ2) is 3.08. The molecule has 1 unspecified atom stereocenters. The molecule has 0 fully saturated rings. The number of hydrogen-bond donors (Lipinski definition) is 0. The van der Waals surface area contributed by atoms with Crippen LogP contribution in [-0.4, -0.2) is 3.79 Å². The molecule has 0 N–H and O–H groups in total. The van der Waals surface area contributed by atoms with E-state index in [1.54, 1.807) is 0 Å². The first-order valence-electron chi connectivity index (χ1n) is 4.49. The first-order valence-corrected chi connectivity index (χ1v) is 5.57. The highest BCUT2D eigenvalue weighted by Gasteiger charge is 2.45. The summed E-state index contributed by atoms with van der Waals surface area (Å²) in [5.74, 6) is 0. The fourth-order valence-electron chi connectivity index (χ4n) is 2.08. The number of fused-ring (bicyclic) bond motifs is 1. The molecule has 0 radical (unpaired) electrons. The van der Waals surface area contributed by atoms with Gasteiger partial charge in [0.15, 0.2) is 0 Å². The minimum absolute atomic E-state index is 0.156. The highest BCUT2D eigenvalue weighted by molar-refractivity contribution is 14.1. The average molecular weight is 286 g/mol. The van der Waals surface area contributed by atoms with Crippen LogP contribution >= 0.6 is 22.6 Å². The fraction of sp³-hybridized carbons (Fsp3) is 0.364. The van der Waals surface area contributed by atoms with E-state index in [-0.39, 0.29) is 9.20 Å². The Bertz CT molecular complexity index is 359. The zero-order valence-electron chi connectivity index (χ0n) is 7.51. The molecule has 1 aliphatic carbocycles. The molecule has 0 heterocycles. The van der Waals surface area contributed by atoms with E-state index in [4.69, 9.17) is 0 Å². The maximum Gasteiger partial charge on any atom is 0.203 e. The number of carbonyl (C=O) groups excluding carboxylic acids is 1. The van der Waals surface area contributed by atoms with Crippen LogP contribution in [-0.2, 0) is 16.6 Å². The Morgan fingerprint density at radius 1 is 1.54 bits per heavy atom. The summed E-state index contributed by atoms with van der Waals surface area (Å²) in [5, 5.41) is 0. The molecular formula is C11H11IO. The number of carbonyl (C=O) groups is 1. The second-order valence-corrected chi connectivity index (χ2v) is 4.52. The molecule has 1 aromatic carbocycles. The molecule has 1 aromatic rings. The Kier molecular flexibility index (Phi) is 2.18. The third-order valence-corrected chi connectivity index (χ3v) is 4.04. The van der Waals surface area contributed by atoms with Crippen molar-refractivity contribution in [3.63, 3.8) is 0 Å². The predicted octanol–water partition coefficient (Wildman–Crippen LogP) is 2.85. The van der Waals surface area contributed by atoms with Gasteiger partial charge in [0, 0.05) is 22.6 Å². The summed E-state index contributed by atoms with van der Waals surface area (Å²) in [6, 6.07) is 8.25. The largest absolute Gasteiger partial charge is 0.287 e. The van der Waals surface area contributed by atoms with E-state index < -0.39 is 0 Å². The number of benzene rings is 1. The molecule has 0 aliphatic heterocycles. The Balaban J connectivity index is 2.47. The number of hydrogen-bond acceptors (Lipinski definition) is 1. The third kappa shape index (κ3) is 1.15. The molecule has 1 aliphatic rings. The SMILES string of the molecule is CCC1(C(=O)I)Cc2ccccc21. The van der Waals surface area contributed by atoms with Crippen LogP contribution in [0.3, 0.4) is 0 Å². The molecule has 0 spiro atoms. The fourth-order valence-corrected chi connectivity index (χ4v) is 2.95. The number of halogens is 1. The monoisotopic (exact) mass is 286 g/mol. The molecule has 0 saturated carbocycles. The van der Waals surface area contributed by atoms with Crippen molar-refractivity contribution in [1.29, 1.82) is 0 Å². The van der Waals surface area contributed by atoms with E-state index in [1.165, 1.54) is 11.1 Å². The van der Waals surface area contributed by atoms with Crippen molar-refractivity contribution in [2.45, 2.75) is 25.2 Å². The second-order valence-electron chi connectivity index (χ2n) is 3.54. The van der Waals surface area contributed by atoms with Crippen LogP contribution in [0.5, 0.6) is 0 Å². The summed E-state index contributed by atoms with van der Waals surface area (Å²) in [6.45, 7) is 2.09. The predicted molar refractivity (Wildman–Crippen MR) is 61.1 cm³/mol. The lowest BCUT2D eigenvalue weighted by molar-refractivity contribution is -0.115. The topological polar surface area (TPSA) is 17.1 Å². The van der Waals surface area contributed by atoms with Gasteiger partial charge < -0.3 is 0 Å². The zero-order chi connectivity index (χ0) is 9.47. The normalized spacial score (nSPS) is 24.8. The summed E-state index contributed by atoms with van der Waals surface area (Å²) in [7, 11) is 0. The first-order chi connectivity index (χ1) is 6.20. The average Bonchev–Trinajstić information content (AvgIpc) is 2.07. The molecule has 13 heavy (non-hydrogen) atoms. The van der Waals surface area contributed by atoms with Crippen molar-refractivity contribution in [2.24, 2.45) is 0 Å². The van der Waals surface area contributed by atoms with E-state index in [2.05, 4.69) is 19.1 Å². The highest BCUT2D eigenvalue weighted by atomic mass is 127. The van der Waals surface area contributed by atoms with E-state index in [0.717, 1.165) is 12.8 Å². The molecule has 1 atom stereocenters. The van der Waals surface area contributed by atoms with Gasteiger partial charge in [0.25, 0.3) is 0 Å². The summed E-state index contributed by atoms with van der Waals surface area (Å²) in [5.41, 5.74) is 2.43. The third-order valence-electron chi connectivity index (χ3n) is 3.00. The molecule has 68 valence electrons. The Morgan fingerprint density at radius 3 is 2.77 bits per heavy atom. The summed E-state index contributed by atoms with van der Waals surface area (Å²) in [6.07, 6.45) is 1.85. The van der Waals surface area contributed by atoms with Crippen LogP contribution in [0.15, 0.2) is 24.3 Å². The summed E-state index contributed by atoms with van der Waals surface area (Å²) < 4.78 is 0.284. The summed E-state index contributed by atoms with van der Waals surface area (Å²) >= 11 is 1.93. The molecule has 0 bridgehead atoms. The van der Waals surface area contributed by atoms with E-state index in [0.29, 0.717) is 0 Å². The number of rotatable bonds is 2. The van der Waals surface area contributed by atoms with Crippen LogP contribution in [0.4, 0.5) is 0 Å². The maximum atomic E-state index is 11.5. The van der Waals surface area contributed by atoms with Gasteiger partial charge in [-0.2, -0.15) is 0 Å². The lowest BCUT2D eigenvalue weighted by Crippen LogP contribution is -2.43.